The summed E-state index contributed by atoms with van der Waals surface area (Å²) in [6.45, 7) is 12.6. The van der Waals surface area contributed by atoms with Crippen LogP contribution in [0.2, 0.25) is 0 Å². The van der Waals surface area contributed by atoms with Crippen LogP contribution in [0.25, 0.3) is 0 Å². The predicted molar refractivity (Wildman–Crippen MR) is 77.8 cm³/mol. The van der Waals surface area contributed by atoms with Crippen LogP contribution in [-0.2, 0) is 0 Å². The molecule has 0 aliphatic heterocycles. The first-order valence-electron chi connectivity index (χ1n) is 7.60. The van der Waals surface area contributed by atoms with E-state index in [4.69, 9.17) is 0 Å². The fourth-order valence-corrected chi connectivity index (χ4v) is 3.02. The van der Waals surface area contributed by atoms with Gasteiger partial charge in [0, 0.05) is 19.1 Å². The molecule has 18 heavy (non-hydrogen) atoms. The number of hydrogen-bond acceptors (Lipinski definition) is 3. The summed E-state index contributed by atoms with van der Waals surface area (Å²) in [6, 6.07) is 0.597. The van der Waals surface area contributed by atoms with Crippen molar-refractivity contribution in [2.45, 2.75) is 65.5 Å². The molecule has 2 unspecified atom stereocenters. The normalized spacial score (nSPS) is 25.3. The molecule has 1 saturated carbocycles. The van der Waals surface area contributed by atoms with Gasteiger partial charge in [0.1, 0.15) is 0 Å². The standard InChI is InChI=1S/C15H32N2O/c1-5-17(6-2)12-14(18)11-16-13-8-7-9-15(3,4)10-13/h13-14,16,18H,5-12H2,1-4H3. The molecule has 2 N–H and O–H groups in total. The zero-order valence-electron chi connectivity index (χ0n) is 12.7. The Morgan fingerprint density at radius 1 is 1.33 bits per heavy atom. The summed E-state index contributed by atoms with van der Waals surface area (Å²) in [5.41, 5.74) is 0.472. The highest BCUT2D eigenvalue weighted by atomic mass is 16.3. The number of aliphatic hydroxyl groups is 1. The van der Waals surface area contributed by atoms with Crippen molar-refractivity contribution >= 4 is 0 Å². The number of aliphatic hydroxyl groups excluding tert-OH is 1. The molecule has 3 heteroatoms. The Morgan fingerprint density at radius 3 is 2.56 bits per heavy atom. The van der Waals surface area contributed by atoms with Gasteiger partial charge in [0.25, 0.3) is 0 Å². The van der Waals surface area contributed by atoms with Gasteiger partial charge in [-0.2, -0.15) is 0 Å². The van der Waals surface area contributed by atoms with Crippen molar-refractivity contribution < 1.29 is 5.11 Å². The van der Waals surface area contributed by atoms with Crippen molar-refractivity contribution in [1.82, 2.24) is 10.2 Å². The van der Waals surface area contributed by atoms with Crippen molar-refractivity contribution in [1.29, 1.82) is 0 Å². The summed E-state index contributed by atoms with van der Waals surface area (Å²) in [5, 5.41) is 13.6. The molecule has 0 amide bonds. The van der Waals surface area contributed by atoms with Gasteiger partial charge in [-0.15, -0.1) is 0 Å². The highest BCUT2D eigenvalue weighted by Crippen LogP contribution is 2.34. The monoisotopic (exact) mass is 256 g/mol. The Bertz CT molecular complexity index is 227. The Morgan fingerprint density at radius 2 is 2.00 bits per heavy atom. The van der Waals surface area contributed by atoms with E-state index >= 15 is 0 Å². The molecule has 0 bridgehead atoms. The van der Waals surface area contributed by atoms with E-state index in [0.717, 1.165) is 26.2 Å². The fourth-order valence-electron chi connectivity index (χ4n) is 3.02. The van der Waals surface area contributed by atoms with Gasteiger partial charge in [-0.25, -0.2) is 0 Å². The third kappa shape index (κ3) is 5.68. The molecule has 2 atom stereocenters. The zero-order chi connectivity index (χ0) is 13.6. The van der Waals surface area contributed by atoms with E-state index in [1.165, 1.54) is 25.7 Å². The van der Waals surface area contributed by atoms with Crippen LogP contribution in [0.5, 0.6) is 0 Å². The van der Waals surface area contributed by atoms with E-state index < -0.39 is 0 Å². The molecule has 1 rings (SSSR count). The Hall–Kier alpha value is -0.120. The van der Waals surface area contributed by atoms with Crippen LogP contribution in [0.1, 0.15) is 53.4 Å². The fraction of sp³-hybridized carbons (Fsp3) is 1.00. The second-order valence-corrected chi connectivity index (χ2v) is 6.51. The Labute approximate surface area is 113 Å². The molecule has 0 aromatic heterocycles. The minimum absolute atomic E-state index is 0.241. The van der Waals surface area contributed by atoms with Crippen molar-refractivity contribution in [2.24, 2.45) is 5.41 Å². The van der Waals surface area contributed by atoms with E-state index in [9.17, 15) is 5.11 Å². The number of hydrogen-bond donors (Lipinski definition) is 2. The number of nitrogens with zero attached hydrogens (tertiary/aromatic N) is 1. The molecule has 0 heterocycles. The smallest absolute Gasteiger partial charge is 0.0791 e. The maximum absolute atomic E-state index is 10.0. The van der Waals surface area contributed by atoms with Gasteiger partial charge in [-0.3, -0.25) is 0 Å². The SMILES string of the molecule is CCN(CC)CC(O)CNC1CCCC(C)(C)C1. The minimum atomic E-state index is -0.241. The van der Waals surface area contributed by atoms with Crippen LogP contribution in [0, 0.1) is 5.41 Å². The Kier molecular flexibility index (Phi) is 6.61. The lowest BCUT2D eigenvalue weighted by Crippen LogP contribution is -2.44. The van der Waals surface area contributed by atoms with E-state index in [1.807, 2.05) is 0 Å². The average molecular weight is 256 g/mol. The largest absolute Gasteiger partial charge is 0.390 e. The van der Waals surface area contributed by atoms with Crippen molar-refractivity contribution in [3.8, 4) is 0 Å². The summed E-state index contributed by atoms with van der Waals surface area (Å²) < 4.78 is 0. The molecule has 0 radical (unpaired) electrons. The topological polar surface area (TPSA) is 35.5 Å². The number of likely N-dealkylation sites (N-methyl/N-ethyl adjacent to an activating group) is 1. The van der Waals surface area contributed by atoms with Gasteiger partial charge in [0.05, 0.1) is 6.10 Å². The van der Waals surface area contributed by atoms with Crippen molar-refractivity contribution in [3.63, 3.8) is 0 Å². The molecule has 1 fully saturated rings. The third-order valence-corrected chi connectivity index (χ3v) is 4.21. The number of nitrogens with one attached hydrogen (secondary N) is 1. The quantitative estimate of drug-likeness (QED) is 0.733. The summed E-state index contributed by atoms with van der Waals surface area (Å²) >= 11 is 0. The van der Waals surface area contributed by atoms with Crippen molar-refractivity contribution in [3.05, 3.63) is 0 Å². The molecule has 0 aromatic rings. The number of rotatable bonds is 7. The lowest BCUT2D eigenvalue weighted by atomic mass is 9.75. The molecule has 1 aliphatic rings. The van der Waals surface area contributed by atoms with Crippen LogP contribution in [0.3, 0.4) is 0 Å². The molecule has 1 aliphatic carbocycles. The first-order chi connectivity index (χ1) is 8.46. The molecular weight excluding hydrogens is 224 g/mol. The van der Waals surface area contributed by atoms with E-state index in [2.05, 4.69) is 37.9 Å². The second kappa shape index (κ2) is 7.46. The highest BCUT2D eigenvalue weighted by Gasteiger charge is 2.27. The van der Waals surface area contributed by atoms with Gasteiger partial charge in [0.15, 0.2) is 0 Å². The zero-order valence-corrected chi connectivity index (χ0v) is 12.7. The predicted octanol–water partition coefficient (Wildman–Crippen LogP) is 2.25. The molecule has 0 aromatic carbocycles. The van der Waals surface area contributed by atoms with E-state index in [0.29, 0.717) is 11.5 Å². The van der Waals surface area contributed by atoms with Gasteiger partial charge >= 0.3 is 0 Å². The van der Waals surface area contributed by atoms with Crippen LogP contribution in [0.15, 0.2) is 0 Å². The lowest BCUT2D eigenvalue weighted by Gasteiger charge is -2.36. The molecule has 0 spiro atoms. The van der Waals surface area contributed by atoms with Crippen LogP contribution in [-0.4, -0.2) is 48.3 Å². The lowest BCUT2D eigenvalue weighted by molar-refractivity contribution is 0.106. The van der Waals surface area contributed by atoms with E-state index in [-0.39, 0.29) is 6.10 Å². The summed E-state index contributed by atoms with van der Waals surface area (Å²) in [6.07, 6.45) is 4.92. The van der Waals surface area contributed by atoms with E-state index in [1.54, 1.807) is 0 Å². The molecule has 0 saturated heterocycles. The van der Waals surface area contributed by atoms with Crippen LogP contribution < -0.4 is 5.32 Å². The highest BCUT2D eigenvalue weighted by molar-refractivity contribution is 4.84. The molecule has 108 valence electrons. The average Bonchev–Trinajstić information content (AvgIpc) is 2.32. The molecule has 3 nitrogen and oxygen atoms in total. The van der Waals surface area contributed by atoms with Gasteiger partial charge in [-0.05, 0) is 37.8 Å². The third-order valence-electron chi connectivity index (χ3n) is 4.21. The first kappa shape index (κ1) is 15.9. The van der Waals surface area contributed by atoms with Gasteiger partial charge in [0.2, 0.25) is 0 Å². The maximum Gasteiger partial charge on any atom is 0.0791 e. The minimum Gasteiger partial charge on any atom is -0.390 e. The van der Waals surface area contributed by atoms with Gasteiger partial charge < -0.3 is 15.3 Å². The summed E-state index contributed by atoms with van der Waals surface area (Å²) in [5.74, 6) is 0. The molecular formula is C15H32N2O. The van der Waals surface area contributed by atoms with Gasteiger partial charge in [-0.1, -0.05) is 34.1 Å². The summed E-state index contributed by atoms with van der Waals surface area (Å²) in [7, 11) is 0. The van der Waals surface area contributed by atoms with Crippen LogP contribution >= 0.6 is 0 Å². The van der Waals surface area contributed by atoms with Crippen LogP contribution in [0.4, 0.5) is 0 Å². The first-order valence-corrected chi connectivity index (χ1v) is 7.60. The maximum atomic E-state index is 10.0. The summed E-state index contributed by atoms with van der Waals surface area (Å²) in [4.78, 5) is 2.27. The second-order valence-electron chi connectivity index (χ2n) is 6.51. The van der Waals surface area contributed by atoms with Crippen molar-refractivity contribution in [2.75, 3.05) is 26.2 Å². The Balaban J connectivity index is 2.23.